The highest BCUT2D eigenvalue weighted by Crippen LogP contribution is 2.28. The van der Waals surface area contributed by atoms with Crippen LogP contribution >= 0.6 is 0 Å². The fourth-order valence-corrected chi connectivity index (χ4v) is 3.29. The summed E-state index contributed by atoms with van der Waals surface area (Å²) in [4.78, 5) is 22.7. The van der Waals surface area contributed by atoms with Gasteiger partial charge in [0.2, 0.25) is 0 Å². The number of ether oxygens (including phenoxy) is 1. The van der Waals surface area contributed by atoms with Crippen LogP contribution in [0.25, 0.3) is 11.4 Å². The molecule has 144 valence electrons. The quantitative estimate of drug-likeness (QED) is 0.748. The Morgan fingerprint density at radius 3 is 2.82 bits per heavy atom. The molecular formula is C20H20FN5O2. The Hall–Kier alpha value is -3.29. The van der Waals surface area contributed by atoms with Crippen LogP contribution in [-0.2, 0) is 0 Å². The summed E-state index contributed by atoms with van der Waals surface area (Å²) in [5.74, 6) is 1.56. The van der Waals surface area contributed by atoms with E-state index in [0.29, 0.717) is 35.9 Å². The Kier molecular flexibility index (Phi) is 5.01. The Balaban J connectivity index is 1.37. The maximum Gasteiger partial charge on any atom is 0.415 e. The summed E-state index contributed by atoms with van der Waals surface area (Å²) < 4.78 is 18.8. The molecule has 8 heteroatoms. The summed E-state index contributed by atoms with van der Waals surface area (Å²) in [7, 11) is 0. The Labute approximate surface area is 161 Å². The van der Waals surface area contributed by atoms with E-state index in [4.69, 9.17) is 4.74 Å². The van der Waals surface area contributed by atoms with Crippen LogP contribution in [-0.4, -0.2) is 44.2 Å². The molecule has 3 aromatic rings. The SMILES string of the molecule is Cc1ncccc1OC(=O)N1CCC(c2nc(-c3cccc(F)c3)n[nH]2)CC1. The number of carbonyl (C=O) groups is 1. The van der Waals surface area contributed by atoms with Gasteiger partial charge in [0.15, 0.2) is 11.6 Å². The average Bonchev–Trinajstić information content (AvgIpc) is 3.20. The number of hydrogen-bond acceptors (Lipinski definition) is 5. The van der Waals surface area contributed by atoms with Crippen LogP contribution in [0, 0.1) is 12.7 Å². The molecule has 1 aliphatic heterocycles. The number of piperidine rings is 1. The van der Waals surface area contributed by atoms with Gasteiger partial charge in [0.1, 0.15) is 11.6 Å². The van der Waals surface area contributed by atoms with Crippen molar-refractivity contribution < 1.29 is 13.9 Å². The third kappa shape index (κ3) is 3.85. The smallest absolute Gasteiger partial charge is 0.408 e. The highest BCUT2D eigenvalue weighted by atomic mass is 19.1. The van der Waals surface area contributed by atoms with Gasteiger partial charge in [-0.3, -0.25) is 10.1 Å². The molecule has 0 saturated carbocycles. The number of benzene rings is 1. The molecule has 7 nitrogen and oxygen atoms in total. The third-order valence-corrected chi connectivity index (χ3v) is 4.88. The topological polar surface area (TPSA) is 84.0 Å². The molecule has 0 spiro atoms. The van der Waals surface area contributed by atoms with Crippen LogP contribution < -0.4 is 4.74 Å². The molecule has 4 rings (SSSR count). The van der Waals surface area contributed by atoms with Crippen molar-refractivity contribution in [2.45, 2.75) is 25.7 Å². The highest BCUT2D eigenvalue weighted by molar-refractivity contribution is 5.71. The van der Waals surface area contributed by atoms with Crippen LogP contribution in [0.5, 0.6) is 5.75 Å². The largest absolute Gasteiger partial charge is 0.415 e. The van der Waals surface area contributed by atoms with Gasteiger partial charge in [-0.1, -0.05) is 12.1 Å². The van der Waals surface area contributed by atoms with Crippen molar-refractivity contribution in [3.63, 3.8) is 0 Å². The number of amides is 1. The number of aromatic nitrogens is 4. The summed E-state index contributed by atoms with van der Waals surface area (Å²) in [5, 5.41) is 7.17. The first kappa shape index (κ1) is 18.1. The number of nitrogens with zero attached hydrogens (tertiary/aromatic N) is 4. The maximum atomic E-state index is 13.4. The number of rotatable bonds is 3. The number of aromatic amines is 1. The molecule has 1 aromatic carbocycles. The standard InChI is InChI=1S/C20H20FN5O2/c1-13-17(6-3-9-22-13)28-20(27)26-10-7-14(8-11-26)18-23-19(25-24-18)15-4-2-5-16(21)12-15/h2-6,9,12,14H,7-8,10-11H2,1H3,(H,23,24,25). The molecular weight excluding hydrogens is 361 g/mol. The Morgan fingerprint density at radius 2 is 2.07 bits per heavy atom. The van der Waals surface area contributed by atoms with Gasteiger partial charge >= 0.3 is 6.09 Å². The zero-order chi connectivity index (χ0) is 19.5. The minimum Gasteiger partial charge on any atom is -0.408 e. The first-order chi connectivity index (χ1) is 13.6. The van der Waals surface area contributed by atoms with E-state index in [1.54, 1.807) is 42.3 Å². The second-order valence-corrected chi connectivity index (χ2v) is 6.77. The predicted molar refractivity (Wildman–Crippen MR) is 100 cm³/mol. The van der Waals surface area contributed by atoms with Crippen molar-refractivity contribution in [3.05, 3.63) is 59.9 Å². The van der Waals surface area contributed by atoms with E-state index in [9.17, 15) is 9.18 Å². The number of H-pyrrole nitrogens is 1. The van der Waals surface area contributed by atoms with Crippen molar-refractivity contribution in [2.75, 3.05) is 13.1 Å². The van der Waals surface area contributed by atoms with Gasteiger partial charge in [0.25, 0.3) is 0 Å². The molecule has 0 unspecified atom stereocenters. The lowest BCUT2D eigenvalue weighted by molar-refractivity contribution is 0.137. The molecule has 3 heterocycles. The Bertz CT molecular complexity index is 982. The van der Waals surface area contributed by atoms with Gasteiger partial charge in [-0.05, 0) is 44.0 Å². The van der Waals surface area contributed by atoms with Gasteiger partial charge in [-0.2, -0.15) is 5.10 Å². The van der Waals surface area contributed by atoms with E-state index < -0.39 is 0 Å². The first-order valence-electron chi connectivity index (χ1n) is 9.17. The number of halogens is 1. The molecule has 1 amide bonds. The number of carbonyl (C=O) groups excluding carboxylic acids is 1. The van der Waals surface area contributed by atoms with Crippen LogP contribution in [0.2, 0.25) is 0 Å². The molecule has 1 saturated heterocycles. The minimum absolute atomic E-state index is 0.166. The summed E-state index contributed by atoms with van der Waals surface area (Å²) >= 11 is 0. The summed E-state index contributed by atoms with van der Waals surface area (Å²) in [6.45, 7) is 2.94. The van der Waals surface area contributed by atoms with Crippen LogP contribution in [0.1, 0.15) is 30.3 Å². The lowest BCUT2D eigenvalue weighted by atomic mass is 9.96. The number of hydrogen-bond donors (Lipinski definition) is 1. The number of pyridine rings is 1. The highest BCUT2D eigenvalue weighted by Gasteiger charge is 2.27. The molecule has 0 bridgehead atoms. The van der Waals surface area contributed by atoms with Crippen LogP contribution in [0.4, 0.5) is 9.18 Å². The van der Waals surface area contributed by atoms with E-state index >= 15 is 0 Å². The van der Waals surface area contributed by atoms with Gasteiger partial charge < -0.3 is 9.64 Å². The van der Waals surface area contributed by atoms with Gasteiger partial charge in [-0.25, -0.2) is 14.2 Å². The monoisotopic (exact) mass is 381 g/mol. The first-order valence-corrected chi connectivity index (χ1v) is 9.17. The number of likely N-dealkylation sites (tertiary alicyclic amines) is 1. The predicted octanol–water partition coefficient (Wildman–Crippen LogP) is 3.69. The summed E-state index contributed by atoms with van der Waals surface area (Å²) in [5.41, 5.74) is 1.31. The molecule has 0 aliphatic carbocycles. The van der Waals surface area contributed by atoms with E-state index in [0.717, 1.165) is 18.7 Å². The van der Waals surface area contributed by atoms with Crippen molar-refractivity contribution in [1.29, 1.82) is 0 Å². The van der Waals surface area contributed by atoms with Crippen molar-refractivity contribution >= 4 is 6.09 Å². The average molecular weight is 381 g/mol. The van der Waals surface area contributed by atoms with E-state index in [-0.39, 0.29) is 17.8 Å². The molecule has 1 fully saturated rings. The Morgan fingerprint density at radius 1 is 1.25 bits per heavy atom. The van der Waals surface area contributed by atoms with Crippen molar-refractivity contribution in [1.82, 2.24) is 25.1 Å². The zero-order valence-corrected chi connectivity index (χ0v) is 15.4. The lowest BCUT2D eigenvalue weighted by Gasteiger charge is -2.30. The molecule has 2 aromatic heterocycles. The normalized spacial score (nSPS) is 14.9. The van der Waals surface area contributed by atoms with Gasteiger partial charge in [0.05, 0.1) is 5.69 Å². The fourth-order valence-electron chi connectivity index (χ4n) is 3.29. The molecule has 0 radical (unpaired) electrons. The zero-order valence-electron chi connectivity index (χ0n) is 15.4. The van der Waals surface area contributed by atoms with E-state index in [2.05, 4.69) is 20.2 Å². The summed E-state index contributed by atoms with van der Waals surface area (Å²) in [6.07, 6.45) is 2.79. The van der Waals surface area contributed by atoms with Crippen molar-refractivity contribution in [2.24, 2.45) is 0 Å². The van der Waals surface area contributed by atoms with E-state index in [1.807, 2.05) is 0 Å². The van der Waals surface area contributed by atoms with E-state index in [1.165, 1.54) is 12.1 Å². The number of aryl methyl sites for hydroxylation is 1. The van der Waals surface area contributed by atoms with Crippen LogP contribution in [0.3, 0.4) is 0 Å². The second kappa shape index (κ2) is 7.75. The minimum atomic E-state index is -0.368. The molecule has 1 N–H and O–H groups in total. The molecule has 28 heavy (non-hydrogen) atoms. The number of nitrogens with one attached hydrogen (secondary N) is 1. The summed E-state index contributed by atoms with van der Waals surface area (Å²) in [6, 6.07) is 9.67. The van der Waals surface area contributed by atoms with Crippen LogP contribution in [0.15, 0.2) is 42.6 Å². The maximum absolute atomic E-state index is 13.4. The molecule has 1 aliphatic rings. The fraction of sp³-hybridized carbons (Fsp3) is 0.300. The van der Waals surface area contributed by atoms with Gasteiger partial charge in [-0.15, -0.1) is 0 Å². The lowest BCUT2D eigenvalue weighted by Crippen LogP contribution is -2.39. The van der Waals surface area contributed by atoms with Crippen molar-refractivity contribution in [3.8, 4) is 17.1 Å². The third-order valence-electron chi connectivity index (χ3n) is 4.88. The van der Waals surface area contributed by atoms with Gasteiger partial charge in [0, 0.05) is 30.8 Å². The molecule has 0 atom stereocenters. The second-order valence-electron chi connectivity index (χ2n) is 6.77.